The van der Waals surface area contributed by atoms with Crippen LogP contribution in [0, 0.1) is 10.1 Å². The Labute approximate surface area is 157 Å². The number of nitrogens with zero attached hydrogens (tertiary/aromatic N) is 2. The molecular weight excluding hydrogens is 358 g/mol. The Morgan fingerprint density at radius 1 is 1.23 bits per heavy atom. The first kappa shape index (κ1) is 19.7. The summed E-state index contributed by atoms with van der Waals surface area (Å²) in [6.45, 7) is 0.783. The molecule has 2 atom stereocenters. The van der Waals surface area contributed by atoms with Gasteiger partial charge in [0, 0.05) is 31.1 Å². The molecular formula is C18H20ClN3O4. The Morgan fingerprint density at radius 2 is 1.92 bits per heavy atom. The molecule has 138 valence electrons. The lowest BCUT2D eigenvalue weighted by Gasteiger charge is -2.17. The number of hydrogen-bond acceptors (Lipinski definition) is 5. The van der Waals surface area contributed by atoms with Crippen molar-refractivity contribution in [3.05, 3.63) is 69.8 Å². The summed E-state index contributed by atoms with van der Waals surface area (Å²) < 4.78 is 5.10. The standard InChI is InChI=1S/C18H19N3O4.ClH/c1-25-13-7-8-17(21(23)24)14(9-13)18(22)20-10-15(16(19)11-20)12-5-3-2-4-6-12;/h2-9,15-16H,10-11,19H2,1H3;1H/t15-,16+;/m0./s1. The highest BCUT2D eigenvalue weighted by molar-refractivity contribution is 5.98. The molecule has 1 aliphatic heterocycles. The predicted octanol–water partition coefficient (Wildman–Crippen LogP) is 2.59. The molecule has 1 saturated heterocycles. The van der Waals surface area contributed by atoms with E-state index in [4.69, 9.17) is 10.5 Å². The van der Waals surface area contributed by atoms with Crippen LogP contribution in [-0.4, -0.2) is 42.0 Å². The largest absolute Gasteiger partial charge is 0.497 e. The Bertz CT molecular complexity index is 800. The topological polar surface area (TPSA) is 98.7 Å². The predicted molar refractivity (Wildman–Crippen MR) is 100.0 cm³/mol. The molecule has 0 bridgehead atoms. The zero-order valence-corrected chi connectivity index (χ0v) is 15.0. The van der Waals surface area contributed by atoms with Crippen molar-refractivity contribution in [1.82, 2.24) is 4.90 Å². The van der Waals surface area contributed by atoms with Crippen molar-refractivity contribution in [2.45, 2.75) is 12.0 Å². The van der Waals surface area contributed by atoms with Crippen LogP contribution in [0.5, 0.6) is 5.75 Å². The van der Waals surface area contributed by atoms with Crippen LogP contribution >= 0.6 is 12.4 Å². The smallest absolute Gasteiger partial charge is 0.282 e. The van der Waals surface area contributed by atoms with Gasteiger partial charge < -0.3 is 15.4 Å². The molecule has 26 heavy (non-hydrogen) atoms. The van der Waals surface area contributed by atoms with Crippen molar-refractivity contribution in [3.8, 4) is 5.75 Å². The zero-order chi connectivity index (χ0) is 18.0. The Kier molecular flexibility index (Phi) is 6.18. The number of rotatable bonds is 4. The van der Waals surface area contributed by atoms with Crippen molar-refractivity contribution < 1.29 is 14.5 Å². The minimum atomic E-state index is -0.558. The molecule has 0 spiro atoms. The van der Waals surface area contributed by atoms with Gasteiger partial charge in [0.1, 0.15) is 11.3 Å². The number of nitro groups is 1. The lowest BCUT2D eigenvalue weighted by atomic mass is 9.95. The maximum atomic E-state index is 12.9. The lowest BCUT2D eigenvalue weighted by Crippen LogP contribution is -2.32. The summed E-state index contributed by atoms with van der Waals surface area (Å²) in [4.78, 5) is 25.1. The fraction of sp³-hybridized carbons (Fsp3) is 0.278. The van der Waals surface area contributed by atoms with E-state index in [1.54, 1.807) is 4.90 Å². The van der Waals surface area contributed by atoms with E-state index in [2.05, 4.69) is 0 Å². The molecule has 0 aliphatic carbocycles. The summed E-state index contributed by atoms with van der Waals surface area (Å²) in [5.74, 6) is 0.00588. The summed E-state index contributed by atoms with van der Waals surface area (Å²) in [5.41, 5.74) is 7.06. The quantitative estimate of drug-likeness (QED) is 0.652. The number of hydrogen-bond donors (Lipinski definition) is 1. The van der Waals surface area contributed by atoms with Gasteiger partial charge in [0.25, 0.3) is 11.6 Å². The van der Waals surface area contributed by atoms with Gasteiger partial charge in [-0.3, -0.25) is 14.9 Å². The Hall–Kier alpha value is -2.64. The van der Waals surface area contributed by atoms with Crippen molar-refractivity contribution in [3.63, 3.8) is 0 Å². The maximum Gasteiger partial charge on any atom is 0.282 e. The van der Waals surface area contributed by atoms with E-state index < -0.39 is 10.8 Å². The summed E-state index contributed by atoms with van der Waals surface area (Å²) >= 11 is 0. The fourth-order valence-corrected chi connectivity index (χ4v) is 3.19. The second-order valence-corrected chi connectivity index (χ2v) is 6.03. The second kappa shape index (κ2) is 8.16. The molecule has 0 radical (unpaired) electrons. The highest BCUT2D eigenvalue weighted by Gasteiger charge is 2.36. The van der Waals surface area contributed by atoms with Crippen LogP contribution in [0.3, 0.4) is 0 Å². The Balaban J connectivity index is 0.00000243. The van der Waals surface area contributed by atoms with Gasteiger partial charge in [-0.15, -0.1) is 12.4 Å². The fourth-order valence-electron chi connectivity index (χ4n) is 3.19. The van der Waals surface area contributed by atoms with Crippen LogP contribution in [0.2, 0.25) is 0 Å². The van der Waals surface area contributed by atoms with Crippen molar-refractivity contribution in [2.75, 3.05) is 20.2 Å². The third kappa shape index (κ3) is 3.79. The van der Waals surface area contributed by atoms with Gasteiger partial charge in [-0.2, -0.15) is 0 Å². The average Bonchev–Trinajstić information content (AvgIpc) is 3.03. The van der Waals surface area contributed by atoms with Crippen LogP contribution in [0.15, 0.2) is 48.5 Å². The molecule has 1 amide bonds. The molecule has 0 saturated carbocycles. The monoisotopic (exact) mass is 377 g/mol. The van der Waals surface area contributed by atoms with E-state index in [-0.39, 0.29) is 35.6 Å². The molecule has 2 N–H and O–H groups in total. The maximum absolute atomic E-state index is 12.9. The number of carbonyl (C=O) groups excluding carboxylic acids is 1. The van der Waals surface area contributed by atoms with Crippen LogP contribution in [0.1, 0.15) is 21.8 Å². The minimum Gasteiger partial charge on any atom is -0.497 e. The molecule has 0 unspecified atom stereocenters. The molecule has 3 rings (SSSR count). The van der Waals surface area contributed by atoms with Gasteiger partial charge in [0.05, 0.1) is 12.0 Å². The number of nitro benzene ring substituents is 1. The molecule has 2 aromatic rings. The van der Waals surface area contributed by atoms with E-state index >= 15 is 0 Å². The van der Waals surface area contributed by atoms with E-state index in [0.29, 0.717) is 18.8 Å². The van der Waals surface area contributed by atoms with Crippen LogP contribution in [0.25, 0.3) is 0 Å². The van der Waals surface area contributed by atoms with E-state index in [0.717, 1.165) is 5.56 Å². The van der Waals surface area contributed by atoms with Crippen molar-refractivity contribution >= 4 is 24.0 Å². The number of likely N-dealkylation sites (tertiary alicyclic amines) is 1. The third-order valence-corrected chi connectivity index (χ3v) is 4.51. The molecule has 1 aliphatic rings. The van der Waals surface area contributed by atoms with Gasteiger partial charge >= 0.3 is 0 Å². The molecule has 2 aromatic carbocycles. The molecule has 7 nitrogen and oxygen atoms in total. The summed E-state index contributed by atoms with van der Waals surface area (Å²) in [6.07, 6.45) is 0. The van der Waals surface area contributed by atoms with Crippen molar-refractivity contribution in [1.29, 1.82) is 0 Å². The van der Waals surface area contributed by atoms with E-state index in [1.807, 2.05) is 30.3 Å². The zero-order valence-electron chi connectivity index (χ0n) is 14.2. The highest BCUT2D eigenvalue weighted by atomic mass is 35.5. The van der Waals surface area contributed by atoms with E-state index in [1.165, 1.54) is 25.3 Å². The molecule has 8 heteroatoms. The summed E-state index contributed by atoms with van der Waals surface area (Å²) in [5, 5.41) is 11.3. The molecule has 1 heterocycles. The van der Waals surface area contributed by atoms with Gasteiger partial charge in [0.15, 0.2) is 0 Å². The lowest BCUT2D eigenvalue weighted by molar-refractivity contribution is -0.385. The number of amides is 1. The van der Waals surface area contributed by atoms with Crippen molar-refractivity contribution in [2.24, 2.45) is 5.73 Å². The number of benzene rings is 2. The van der Waals surface area contributed by atoms with Gasteiger partial charge in [0.2, 0.25) is 0 Å². The number of carbonyl (C=O) groups is 1. The molecule has 0 aromatic heterocycles. The van der Waals surface area contributed by atoms with Crippen LogP contribution in [-0.2, 0) is 0 Å². The Morgan fingerprint density at radius 3 is 2.54 bits per heavy atom. The summed E-state index contributed by atoms with van der Waals surface area (Å²) in [7, 11) is 1.45. The van der Waals surface area contributed by atoms with Gasteiger partial charge in [-0.05, 0) is 17.7 Å². The number of halogens is 1. The second-order valence-electron chi connectivity index (χ2n) is 6.03. The SMILES string of the molecule is COc1ccc([N+](=O)[O-])c(C(=O)N2C[C@@H](N)[C@H](c3ccccc3)C2)c1.Cl. The first-order valence-corrected chi connectivity index (χ1v) is 7.93. The normalized spacial score (nSPS) is 18.9. The number of ether oxygens (including phenoxy) is 1. The van der Waals surface area contributed by atoms with Crippen LogP contribution in [0.4, 0.5) is 5.69 Å². The average molecular weight is 378 g/mol. The third-order valence-electron chi connectivity index (χ3n) is 4.51. The van der Waals surface area contributed by atoms with Gasteiger partial charge in [-0.1, -0.05) is 30.3 Å². The minimum absolute atomic E-state index is 0. The molecule has 1 fully saturated rings. The first-order chi connectivity index (χ1) is 12.0. The number of nitrogens with two attached hydrogens (primary N) is 1. The number of methoxy groups -OCH3 is 1. The first-order valence-electron chi connectivity index (χ1n) is 7.93. The van der Waals surface area contributed by atoms with Gasteiger partial charge in [-0.25, -0.2) is 0 Å². The van der Waals surface area contributed by atoms with Crippen LogP contribution < -0.4 is 10.5 Å². The van der Waals surface area contributed by atoms with E-state index in [9.17, 15) is 14.9 Å². The summed E-state index contributed by atoms with van der Waals surface area (Å²) in [6, 6.07) is 13.7. The highest BCUT2D eigenvalue weighted by Crippen LogP contribution is 2.30.